The first kappa shape index (κ1) is 9.75. The number of hydrogen-bond acceptors (Lipinski definition) is 2. The van der Waals surface area contributed by atoms with Gasteiger partial charge in [0.15, 0.2) is 0 Å². The average Bonchev–Trinajstić information content (AvgIpc) is 2.51. The second kappa shape index (κ2) is 4.63. The van der Waals surface area contributed by atoms with Gasteiger partial charge in [0, 0.05) is 0 Å². The Morgan fingerprint density at radius 3 is 2.75 bits per heavy atom. The molecule has 0 aromatic carbocycles. The summed E-state index contributed by atoms with van der Waals surface area (Å²) in [5.74, 6) is 0.416. The van der Waals surface area contributed by atoms with E-state index < -0.39 is 0 Å². The molecule has 0 aliphatic rings. The maximum Gasteiger partial charge on any atom is 0.0543 e. The number of aliphatic hydroxyl groups is 1. The first-order chi connectivity index (χ1) is 5.74. The van der Waals surface area contributed by atoms with E-state index >= 15 is 0 Å². The third kappa shape index (κ3) is 2.61. The molecule has 0 saturated carbocycles. The van der Waals surface area contributed by atoms with Gasteiger partial charge >= 0.3 is 0 Å². The van der Waals surface area contributed by atoms with E-state index in [-0.39, 0.29) is 6.10 Å². The van der Waals surface area contributed by atoms with Crippen molar-refractivity contribution < 1.29 is 5.11 Å². The third-order valence-electron chi connectivity index (χ3n) is 2.28. The fraction of sp³-hybridized carbons (Fsp3) is 0.600. The van der Waals surface area contributed by atoms with Crippen molar-refractivity contribution in [1.29, 1.82) is 0 Å². The van der Waals surface area contributed by atoms with E-state index in [1.165, 1.54) is 5.56 Å². The molecule has 0 radical (unpaired) electrons. The van der Waals surface area contributed by atoms with Crippen LogP contribution in [-0.2, 0) is 6.42 Å². The van der Waals surface area contributed by atoms with Crippen LogP contribution in [0.3, 0.4) is 0 Å². The Kier molecular flexibility index (Phi) is 3.76. The highest BCUT2D eigenvalue weighted by Crippen LogP contribution is 2.17. The number of thiophene rings is 1. The largest absolute Gasteiger partial charge is 0.393 e. The Bertz CT molecular complexity index is 204. The van der Waals surface area contributed by atoms with Gasteiger partial charge in [-0.15, -0.1) is 0 Å². The molecular formula is C10H16OS. The topological polar surface area (TPSA) is 20.2 Å². The van der Waals surface area contributed by atoms with Crippen LogP contribution in [0.2, 0.25) is 0 Å². The molecule has 2 unspecified atom stereocenters. The SMILES string of the molecule is CCC(Cc1ccsc1)C(C)O. The van der Waals surface area contributed by atoms with Crippen molar-refractivity contribution in [3.8, 4) is 0 Å². The lowest BCUT2D eigenvalue weighted by Gasteiger charge is -2.16. The van der Waals surface area contributed by atoms with Crippen molar-refractivity contribution in [1.82, 2.24) is 0 Å². The van der Waals surface area contributed by atoms with Gasteiger partial charge in [0.1, 0.15) is 0 Å². The predicted molar refractivity (Wildman–Crippen MR) is 53.5 cm³/mol. The second-order valence-electron chi connectivity index (χ2n) is 3.24. The normalized spacial score (nSPS) is 15.9. The first-order valence-electron chi connectivity index (χ1n) is 4.43. The van der Waals surface area contributed by atoms with Crippen molar-refractivity contribution in [3.05, 3.63) is 22.4 Å². The van der Waals surface area contributed by atoms with Crippen LogP contribution in [0.5, 0.6) is 0 Å². The summed E-state index contributed by atoms with van der Waals surface area (Å²) < 4.78 is 0. The second-order valence-corrected chi connectivity index (χ2v) is 4.02. The van der Waals surface area contributed by atoms with Gasteiger partial charge in [-0.1, -0.05) is 13.3 Å². The van der Waals surface area contributed by atoms with Gasteiger partial charge in [0.25, 0.3) is 0 Å². The van der Waals surface area contributed by atoms with Gasteiger partial charge in [-0.2, -0.15) is 11.3 Å². The monoisotopic (exact) mass is 184 g/mol. The maximum absolute atomic E-state index is 9.41. The lowest BCUT2D eigenvalue weighted by molar-refractivity contribution is 0.123. The van der Waals surface area contributed by atoms with E-state index in [1.807, 2.05) is 6.92 Å². The van der Waals surface area contributed by atoms with Gasteiger partial charge in [0.2, 0.25) is 0 Å². The van der Waals surface area contributed by atoms with Crippen molar-refractivity contribution in [2.75, 3.05) is 0 Å². The molecule has 0 aliphatic carbocycles. The minimum absolute atomic E-state index is 0.185. The number of aliphatic hydroxyl groups excluding tert-OH is 1. The van der Waals surface area contributed by atoms with Crippen molar-refractivity contribution >= 4 is 11.3 Å². The highest BCUT2D eigenvalue weighted by Gasteiger charge is 2.12. The van der Waals surface area contributed by atoms with Crippen molar-refractivity contribution in [2.45, 2.75) is 32.8 Å². The fourth-order valence-corrected chi connectivity index (χ4v) is 2.05. The van der Waals surface area contributed by atoms with Crippen LogP contribution in [0.25, 0.3) is 0 Å². The maximum atomic E-state index is 9.41. The summed E-state index contributed by atoms with van der Waals surface area (Å²) in [6.45, 7) is 4.00. The molecule has 1 aromatic rings. The zero-order valence-electron chi connectivity index (χ0n) is 7.66. The number of rotatable bonds is 4. The van der Waals surface area contributed by atoms with E-state index in [4.69, 9.17) is 0 Å². The van der Waals surface area contributed by atoms with Crippen LogP contribution in [0, 0.1) is 5.92 Å². The molecule has 1 heterocycles. The van der Waals surface area contributed by atoms with Gasteiger partial charge < -0.3 is 5.11 Å². The van der Waals surface area contributed by atoms with E-state index in [2.05, 4.69) is 23.8 Å². The fourth-order valence-electron chi connectivity index (χ4n) is 1.37. The van der Waals surface area contributed by atoms with Crippen LogP contribution in [0.15, 0.2) is 16.8 Å². The van der Waals surface area contributed by atoms with Crippen LogP contribution in [0.1, 0.15) is 25.8 Å². The van der Waals surface area contributed by atoms with Crippen LogP contribution < -0.4 is 0 Å². The molecule has 1 aromatic heterocycles. The molecule has 0 bridgehead atoms. The molecule has 0 aliphatic heterocycles. The lowest BCUT2D eigenvalue weighted by atomic mass is 9.94. The van der Waals surface area contributed by atoms with Gasteiger partial charge in [-0.05, 0) is 41.7 Å². The van der Waals surface area contributed by atoms with E-state index in [9.17, 15) is 5.11 Å². The minimum atomic E-state index is -0.185. The summed E-state index contributed by atoms with van der Waals surface area (Å²) in [6.07, 6.45) is 1.88. The van der Waals surface area contributed by atoms with E-state index in [0.717, 1.165) is 12.8 Å². The van der Waals surface area contributed by atoms with Gasteiger partial charge in [-0.25, -0.2) is 0 Å². The summed E-state index contributed by atoms with van der Waals surface area (Å²) in [4.78, 5) is 0. The minimum Gasteiger partial charge on any atom is -0.393 e. The summed E-state index contributed by atoms with van der Waals surface area (Å²) in [5, 5.41) is 13.7. The molecule has 0 amide bonds. The summed E-state index contributed by atoms with van der Waals surface area (Å²) in [7, 11) is 0. The summed E-state index contributed by atoms with van der Waals surface area (Å²) in [5.41, 5.74) is 1.35. The third-order valence-corrected chi connectivity index (χ3v) is 3.02. The molecule has 0 fully saturated rings. The van der Waals surface area contributed by atoms with Crippen molar-refractivity contribution in [2.24, 2.45) is 5.92 Å². The predicted octanol–water partition coefficient (Wildman–Crippen LogP) is 2.70. The lowest BCUT2D eigenvalue weighted by Crippen LogP contribution is -2.17. The highest BCUT2D eigenvalue weighted by atomic mass is 32.1. The molecule has 0 spiro atoms. The molecule has 0 saturated heterocycles. The van der Waals surface area contributed by atoms with E-state index in [0.29, 0.717) is 5.92 Å². The Labute approximate surface area is 78.1 Å². The van der Waals surface area contributed by atoms with Gasteiger partial charge in [-0.3, -0.25) is 0 Å². The quantitative estimate of drug-likeness (QED) is 0.762. The highest BCUT2D eigenvalue weighted by molar-refractivity contribution is 7.07. The molecule has 1 N–H and O–H groups in total. The molecule has 1 nitrogen and oxygen atoms in total. The van der Waals surface area contributed by atoms with Crippen molar-refractivity contribution in [3.63, 3.8) is 0 Å². The first-order valence-corrected chi connectivity index (χ1v) is 5.37. The zero-order chi connectivity index (χ0) is 8.97. The smallest absolute Gasteiger partial charge is 0.0543 e. The molecule has 1 rings (SSSR count). The Balaban J connectivity index is 2.48. The van der Waals surface area contributed by atoms with Gasteiger partial charge in [0.05, 0.1) is 6.10 Å². The van der Waals surface area contributed by atoms with E-state index in [1.54, 1.807) is 11.3 Å². The molecule has 68 valence electrons. The zero-order valence-corrected chi connectivity index (χ0v) is 8.47. The molecule has 2 atom stereocenters. The Hall–Kier alpha value is -0.340. The summed E-state index contributed by atoms with van der Waals surface area (Å²) in [6, 6.07) is 2.13. The average molecular weight is 184 g/mol. The Morgan fingerprint density at radius 1 is 1.58 bits per heavy atom. The Morgan fingerprint density at radius 2 is 2.33 bits per heavy atom. The summed E-state index contributed by atoms with van der Waals surface area (Å²) >= 11 is 1.72. The van der Waals surface area contributed by atoms with Crippen LogP contribution in [0.4, 0.5) is 0 Å². The van der Waals surface area contributed by atoms with Crippen LogP contribution >= 0.6 is 11.3 Å². The number of hydrogen-bond donors (Lipinski definition) is 1. The molecule has 2 heteroatoms. The molecule has 12 heavy (non-hydrogen) atoms. The van der Waals surface area contributed by atoms with Crippen LogP contribution in [-0.4, -0.2) is 11.2 Å². The standard InChI is InChI=1S/C10H16OS/c1-3-10(8(2)11)6-9-4-5-12-7-9/h4-5,7-8,10-11H,3,6H2,1-2H3. The molecular weight excluding hydrogens is 168 g/mol.